The SMILES string of the molecule is COc1ccc(C(C)(C)C)cc1Sc1ccc(C)cc1. The summed E-state index contributed by atoms with van der Waals surface area (Å²) in [7, 11) is 1.73. The van der Waals surface area contributed by atoms with E-state index < -0.39 is 0 Å². The zero-order valence-corrected chi connectivity index (χ0v) is 13.7. The topological polar surface area (TPSA) is 9.23 Å². The second kappa shape index (κ2) is 5.92. The minimum Gasteiger partial charge on any atom is -0.496 e. The molecule has 1 nitrogen and oxygen atoms in total. The van der Waals surface area contributed by atoms with E-state index in [9.17, 15) is 0 Å². The Bertz CT molecular complexity index is 579. The van der Waals surface area contributed by atoms with Crippen molar-refractivity contribution in [3.05, 3.63) is 53.6 Å². The van der Waals surface area contributed by atoms with Gasteiger partial charge in [0.25, 0.3) is 0 Å². The monoisotopic (exact) mass is 286 g/mol. The average molecular weight is 286 g/mol. The molecular formula is C18H22OS. The maximum Gasteiger partial charge on any atom is 0.132 e. The van der Waals surface area contributed by atoms with Gasteiger partial charge >= 0.3 is 0 Å². The summed E-state index contributed by atoms with van der Waals surface area (Å²) in [4.78, 5) is 2.41. The van der Waals surface area contributed by atoms with E-state index in [0.29, 0.717) is 0 Å². The first-order chi connectivity index (χ1) is 9.40. The molecule has 0 atom stereocenters. The second-order valence-corrected chi connectivity index (χ2v) is 7.15. The summed E-state index contributed by atoms with van der Waals surface area (Å²) in [5.74, 6) is 0.934. The lowest BCUT2D eigenvalue weighted by atomic mass is 9.87. The highest BCUT2D eigenvalue weighted by molar-refractivity contribution is 7.99. The van der Waals surface area contributed by atoms with Crippen LogP contribution in [0.5, 0.6) is 5.75 Å². The highest BCUT2D eigenvalue weighted by atomic mass is 32.2. The van der Waals surface area contributed by atoms with E-state index in [1.165, 1.54) is 20.9 Å². The van der Waals surface area contributed by atoms with Crippen molar-refractivity contribution >= 4 is 11.8 Å². The molecule has 0 bridgehead atoms. The lowest BCUT2D eigenvalue weighted by molar-refractivity contribution is 0.404. The summed E-state index contributed by atoms with van der Waals surface area (Å²) < 4.78 is 5.49. The van der Waals surface area contributed by atoms with Gasteiger partial charge in [-0.05, 0) is 42.2 Å². The van der Waals surface area contributed by atoms with E-state index in [-0.39, 0.29) is 5.41 Å². The fourth-order valence-electron chi connectivity index (χ4n) is 1.96. The van der Waals surface area contributed by atoms with E-state index in [1.807, 2.05) is 0 Å². The normalized spacial score (nSPS) is 11.4. The van der Waals surface area contributed by atoms with Crippen molar-refractivity contribution in [3.63, 3.8) is 0 Å². The van der Waals surface area contributed by atoms with Crippen LogP contribution in [0.15, 0.2) is 52.3 Å². The van der Waals surface area contributed by atoms with E-state index in [2.05, 4.69) is 70.2 Å². The molecule has 20 heavy (non-hydrogen) atoms. The van der Waals surface area contributed by atoms with Crippen molar-refractivity contribution < 1.29 is 4.74 Å². The van der Waals surface area contributed by atoms with Crippen molar-refractivity contribution in [1.82, 2.24) is 0 Å². The van der Waals surface area contributed by atoms with E-state index in [0.717, 1.165) is 5.75 Å². The van der Waals surface area contributed by atoms with E-state index in [4.69, 9.17) is 4.74 Å². The standard InChI is InChI=1S/C18H22OS/c1-13-6-9-15(10-7-13)20-17-12-14(18(2,3)4)8-11-16(17)19-5/h6-12H,1-5H3. The van der Waals surface area contributed by atoms with Crippen LogP contribution in [0.2, 0.25) is 0 Å². The zero-order chi connectivity index (χ0) is 14.8. The molecule has 2 rings (SSSR count). The number of rotatable bonds is 3. The maximum absolute atomic E-state index is 5.49. The lowest BCUT2D eigenvalue weighted by Crippen LogP contribution is -2.11. The Hall–Kier alpha value is -1.41. The first-order valence-electron chi connectivity index (χ1n) is 6.83. The van der Waals surface area contributed by atoms with Gasteiger partial charge in [-0.3, -0.25) is 0 Å². The van der Waals surface area contributed by atoms with Crippen LogP contribution in [0.1, 0.15) is 31.9 Å². The number of hydrogen-bond acceptors (Lipinski definition) is 2. The Balaban J connectivity index is 2.35. The zero-order valence-electron chi connectivity index (χ0n) is 12.9. The van der Waals surface area contributed by atoms with Crippen LogP contribution >= 0.6 is 11.8 Å². The van der Waals surface area contributed by atoms with Gasteiger partial charge in [0.2, 0.25) is 0 Å². The Kier molecular flexibility index (Phi) is 4.44. The summed E-state index contributed by atoms with van der Waals surface area (Å²) in [6, 6.07) is 15.1. The number of methoxy groups -OCH3 is 1. The highest BCUT2D eigenvalue weighted by Gasteiger charge is 2.16. The molecule has 0 radical (unpaired) electrons. The van der Waals surface area contributed by atoms with Crippen molar-refractivity contribution in [2.45, 2.75) is 42.9 Å². The van der Waals surface area contributed by atoms with Crippen LogP contribution in [0.25, 0.3) is 0 Å². The maximum atomic E-state index is 5.49. The number of aryl methyl sites for hydroxylation is 1. The van der Waals surface area contributed by atoms with Gasteiger partial charge in [-0.25, -0.2) is 0 Å². The predicted octanol–water partition coefficient (Wildman–Crippen LogP) is 5.45. The Morgan fingerprint density at radius 3 is 2.15 bits per heavy atom. The summed E-state index contributed by atoms with van der Waals surface area (Å²) in [6.45, 7) is 8.80. The molecule has 0 aliphatic carbocycles. The van der Waals surface area contributed by atoms with E-state index in [1.54, 1.807) is 18.9 Å². The molecule has 0 aliphatic rings. The number of ether oxygens (including phenoxy) is 1. The van der Waals surface area contributed by atoms with Crippen molar-refractivity contribution in [2.75, 3.05) is 7.11 Å². The van der Waals surface area contributed by atoms with Crippen molar-refractivity contribution in [2.24, 2.45) is 0 Å². The molecule has 0 aromatic heterocycles. The van der Waals surface area contributed by atoms with Gasteiger partial charge in [-0.2, -0.15) is 0 Å². The van der Waals surface area contributed by atoms with Crippen LogP contribution < -0.4 is 4.74 Å². The van der Waals surface area contributed by atoms with Gasteiger partial charge in [0.05, 0.1) is 12.0 Å². The Morgan fingerprint density at radius 2 is 1.60 bits per heavy atom. The van der Waals surface area contributed by atoms with Gasteiger partial charge in [0.1, 0.15) is 5.75 Å². The fourth-order valence-corrected chi connectivity index (χ4v) is 2.92. The smallest absolute Gasteiger partial charge is 0.132 e. The third-order valence-electron chi connectivity index (χ3n) is 3.28. The van der Waals surface area contributed by atoms with E-state index >= 15 is 0 Å². The van der Waals surface area contributed by atoms with Gasteiger partial charge < -0.3 is 4.74 Å². The number of hydrogen-bond donors (Lipinski definition) is 0. The predicted molar refractivity (Wildman–Crippen MR) is 87.0 cm³/mol. The van der Waals surface area contributed by atoms with Crippen molar-refractivity contribution in [3.8, 4) is 5.75 Å². The Morgan fingerprint density at radius 1 is 0.950 bits per heavy atom. The molecule has 2 aromatic rings. The molecule has 2 aromatic carbocycles. The molecule has 0 saturated carbocycles. The first-order valence-corrected chi connectivity index (χ1v) is 7.65. The second-order valence-electron chi connectivity index (χ2n) is 6.03. The highest BCUT2D eigenvalue weighted by Crippen LogP contribution is 2.38. The van der Waals surface area contributed by atoms with Crippen LogP contribution in [0.4, 0.5) is 0 Å². The first kappa shape index (κ1) is 15.0. The molecule has 0 spiro atoms. The minimum absolute atomic E-state index is 0.148. The molecule has 0 aliphatic heterocycles. The Labute approximate surface area is 126 Å². The van der Waals surface area contributed by atoms with Crippen LogP contribution in [0.3, 0.4) is 0 Å². The summed E-state index contributed by atoms with van der Waals surface area (Å²) in [6.07, 6.45) is 0. The minimum atomic E-state index is 0.148. The summed E-state index contributed by atoms with van der Waals surface area (Å²) in [5, 5.41) is 0. The fraction of sp³-hybridized carbons (Fsp3) is 0.333. The molecule has 0 heterocycles. The molecule has 0 N–H and O–H groups in total. The molecule has 0 fully saturated rings. The van der Waals surface area contributed by atoms with Gasteiger partial charge in [-0.1, -0.05) is 56.3 Å². The largest absolute Gasteiger partial charge is 0.496 e. The van der Waals surface area contributed by atoms with Gasteiger partial charge in [0.15, 0.2) is 0 Å². The average Bonchev–Trinajstić information content (AvgIpc) is 2.40. The van der Waals surface area contributed by atoms with Crippen molar-refractivity contribution in [1.29, 1.82) is 0 Å². The molecular weight excluding hydrogens is 264 g/mol. The molecule has 0 saturated heterocycles. The van der Waals surface area contributed by atoms with Crippen LogP contribution in [0, 0.1) is 6.92 Å². The van der Waals surface area contributed by atoms with Crippen LogP contribution in [-0.2, 0) is 5.41 Å². The third-order valence-corrected chi connectivity index (χ3v) is 4.33. The lowest BCUT2D eigenvalue weighted by Gasteiger charge is -2.21. The third kappa shape index (κ3) is 3.57. The molecule has 0 unspecified atom stereocenters. The molecule has 0 amide bonds. The molecule has 106 valence electrons. The summed E-state index contributed by atoms with van der Waals surface area (Å²) in [5.41, 5.74) is 2.76. The number of benzene rings is 2. The van der Waals surface area contributed by atoms with Crippen LogP contribution in [-0.4, -0.2) is 7.11 Å². The summed E-state index contributed by atoms with van der Waals surface area (Å²) >= 11 is 1.75. The molecule has 2 heteroatoms. The van der Waals surface area contributed by atoms with Gasteiger partial charge in [0, 0.05) is 4.90 Å². The van der Waals surface area contributed by atoms with Gasteiger partial charge in [-0.15, -0.1) is 0 Å². The quantitative estimate of drug-likeness (QED) is 0.741.